The first-order valence-corrected chi connectivity index (χ1v) is 6.20. The van der Waals surface area contributed by atoms with Crippen molar-refractivity contribution in [3.8, 4) is 5.75 Å². The van der Waals surface area contributed by atoms with Gasteiger partial charge in [0, 0.05) is 18.4 Å². The maximum Gasteiger partial charge on any atom is 0.240 e. The molecular weight excluding hydrogens is 340 g/mol. The van der Waals surface area contributed by atoms with E-state index in [2.05, 4.69) is 42.4 Å². The van der Waals surface area contributed by atoms with Gasteiger partial charge in [0.1, 0.15) is 5.75 Å². The summed E-state index contributed by atoms with van der Waals surface area (Å²) < 4.78 is 1.19. The number of hydrogen-bond acceptors (Lipinski definition) is 3. The average molecular weight is 348 g/mol. The largest absolute Gasteiger partial charge is 0.506 e. The van der Waals surface area contributed by atoms with Gasteiger partial charge in [0.15, 0.2) is 0 Å². The first-order chi connectivity index (χ1) is 7.58. The molecule has 0 atom stereocenters. The molecule has 0 saturated heterocycles. The minimum absolute atomic E-state index is 0.0688. The highest BCUT2D eigenvalue weighted by Crippen LogP contribution is 2.33. The highest BCUT2D eigenvalue weighted by molar-refractivity contribution is 9.11. The summed E-state index contributed by atoms with van der Waals surface area (Å²) in [5, 5.41) is 13.6. The van der Waals surface area contributed by atoms with Gasteiger partial charge in [-0.3, -0.25) is 4.79 Å². The second-order valence-corrected chi connectivity index (χ2v) is 5.09. The Hall–Kier alpha value is -0.880. The van der Waals surface area contributed by atoms with Crippen LogP contribution in [0.25, 0.3) is 0 Å². The summed E-state index contributed by atoms with van der Waals surface area (Å²) in [5.41, 5.74) is 4.12. The third-order valence-corrected chi connectivity index (χ3v) is 3.46. The van der Waals surface area contributed by atoms with Crippen molar-refractivity contribution in [2.75, 3.05) is 0 Å². The van der Waals surface area contributed by atoms with Gasteiger partial charge in [-0.1, -0.05) is 0 Å². The number of amides is 1. The molecule has 2 N–H and O–H groups in total. The van der Waals surface area contributed by atoms with E-state index < -0.39 is 0 Å². The number of carbonyl (C=O) groups excluding carboxylic acids is 1. The van der Waals surface area contributed by atoms with Gasteiger partial charge < -0.3 is 5.11 Å². The van der Waals surface area contributed by atoms with E-state index in [4.69, 9.17) is 0 Å². The molecule has 1 amide bonds. The van der Waals surface area contributed by atoms with Crippen LogP contribution in [0.2, 0.25) is 0 Å². The van der Waals surface area contributed by atoms with E-state index in [0.29, 0.717) is 21.8 Å². The Morgan fingerprint density at radius 1 is 1.25 bits per heavy atom. The van der Waals surface area contributed by atoms with Crippen LogP contribution in [0, 0.1) is 0 Å². The van der Waals surface area contributed by atoms with Crippen LogP contribution in [-0.4, -0.2) is 16.7 Å². The molecule has 16 heavy (non-hydrogen) atoms. The molecule has 4 nitrogen and oxygen atoms in total. The van der Waals surface area contributed by atoms with Gasteiger partial charge in [-0.05, 0) is 44.0 Å². The van der Waals surface area contributed by atoms with Crippen LogP contribution in [0.1, 0.15) is 18.4 Å². The van der Waals surface area contributed by atoms with Gasteiger partial charge in [-0.25, -0.2) is 5.43 Å². The zero-order chi connectivity index (χ0) is 11.7. The number of halogens is 2. The lowest BCUT2D eigenvalue weighted by Gasteiger charge is -2.13. The maximum absolute atomic E-state index is 11.0. The summed E-state index contributed by atoms with van der Waals surface area (Å²) >= 11 is 6.51. The summed E-state index contributed by atoms with van der Waals surface area (Å²) in [6.07, 6.45) is 1.05. The van der Waals surface area contributed by atoms with Crippen molar-refractivity contribution in [1.29, 1.82) is 0 Å². The molecule has 1 aliphatic rings. The van der Waals surface area contributed by atoms with Gasteiger partial charge in [-0.15, -0.1) is 0 Å². The third kappa shape index (κ3) is 2.27. The normalized spacial score (nSPS) is 15.6. The van der Waals surface area contributed by atoms with Gasteiger partial charge in [0.25, 0.3) is 0 Å². The molecule has 0 spiro atoms. The number of aromatic hydroxyl groups is 1. The Bertz CT molecular complexity index is 463. The predicted molar refractivity (Wildman–Crippen MR) is 67.4 cm³/mol. The molecule has 0 radical (unpaired) electrons. The quantitative estimate of drug-likeness (QED) is 0.820. The van der Waals surface area contributed by atoms with Gasteiger partial charge in [0.2, 0.25) is 5.91 Å². The zero-order valence-corrected chi connectivity index (χ0v) is 11.3. The molecule has 0 aliphatic carbocycles. The monoisotopic (exact) mass is 346 g/mol. The average Bonchev–Trinajstić information content (AvgIpc) is 2.26. The molecule has 6 heteroatoms. The molecule has 1 heterocycles. The first-order valence-electron chi connectivity index (χ1n) is 4.61. The van der Waals surface area contributed by atoms with E-state index in [1.165, 1.54) is 0 Å². The number of carbonyl (C=O) groups is 1. The van der Waals surface area contributed by atoms with Crippen LogP contribution in [0.4, 0.5) is 0 Å². The number of nitrogens with zero attached hydrogens (tertiary/aromatic N) is 1. The fourth-order valence-corrected chi connectivity index (χ4v) is 2.60. The number of phenolic OH excluding ortho intramolecular Hbond substituents is 1. The minimum atomic E-state index is -0.0688. The second-order valence-electron chi connectivity index (χ2n) is 3.38. The Kier molecular flexibility index (Phi) is 3.30. The SMILES string of the molecule is O=C1CCC(c2cc(Br)c(O)c(Br)c2)=NN1. The summed E-state index contributed by atoms with van der Waals surface area (Å²) in [7, 11) is 0. The molecule has 2 rings (SSSR count). The standard InChI is InChI=1S/C10H8Br2N2O2/c11-6-3-5(4-7(12)10(6)16)8-1-2-9(15)14-13-8/h3-4,16H,1-2H2,(H,14,15). The van der Waals surface area contributed by atoms with E-state index in [1.807, 2.05) is 0 Å². The van der Waals surface area contributed by atoms with Crippen LogP contribution >= 0.6 is 31.9 Å². The van der Waals surface area contributed by atoms with E-state index in [9.17, 15) is 9.90 Å². The Morgan fingerprint density at radius 2 is 1.88 bits per heavy atom. The smallest absolute Gasteiger partial charge is 0.240 e. The molecule has 0 bridgehead atoms. The number of nitrogens with one attached hydrogen (secondary N) is 1. The lowest BCUT2D eigenvalue weighted by molar-refractivity contribution is -0.121. The van der Waals surface area contributed by atoms with E-state index in [0.717, 1.165) is 11.3 Å². The lowest BCUT2D eigenvalue weighted by atomic mass is 10.0. The Morgan fingerprint density at radius 3 is 2.38 bits per heavy atom. The van der Waals surface area contributed by atoms with Gasteiger partial charge >= 0.3 is 0 Å². The van der Waals surface area contributed by atoms with Crippen molar-refractivity contribution in [3.05, 3.63) is 26.6 Å². The molecule has 1 aromatic carbocycles. The van der Waals surface area contributed by atoms with E-state index in [1.54, 1.807) is 12.1 Å². The molecule has 0 fully saturated rings. The molecule has 84 valence electrons. The summed E-state index contributed by atoms with van der Waals surface area (Å²) in [6, 6.07) is 3.55. The van der Waals surface area contributed by atoms with E-state index >= 15 is 0 Å². The number of rotatable bonds is 1. The van der Waals surface area contributed by atoms with Crippen molar-refractivity contribution in [1.82, 2.24) is 5.43 Å². The number of benzene rings is 1. The molecule has 1 aliphatic heterocycles. The summed E-state index contributed by atoms with van der Waals surface area (Å²) in [6.45, 7) is 0. The summed E-state index contributed by atoms with van der Waals surface area (Å²) in [4.78, 5) is 11.0. The highest BCUT2D eigenvalue weighted by Gasteiger charge is 2.15. The Balaban J connectivity index is 2.38. The maximum atomic E-state index is 11.0. The van der Waals surface area contributed by atoms with Crippen LogP contribution < -0.4 is 5.43 Å². The third-order valence-electron chi connectivity index (χ3n) is 2.25. The summed E-state index contributed by atoms with van der Waals surface area (Å²) in [5.74, 6) is 0.0878. The van der Waals surface area contributed by atoms with Crippen molar-refractivity contribution < 1.29 is 9.90 Å². The fraction of sp³-hybridized carbons (Fsp3) is 0.200. The first kappa shape index (κ1) is 11.6. The fourth-order valence-electron chi connectivity index (χ4n) is 1.41. The highest BCUT2D eigenvalue weighted by atomic mass is 79.9. The number of hydrazone groups is 1. The molecular formula is C10H8Br2N2O2. The number of hydrogen-bond donors (Lipinski definition) is 2. The van der Waals surface area contributed by atoms with Crippen molar-refractivity contribution in [2.45, 2.75) is 12.8 Å². The van der Waals surface area contributed by atoms with Crippen LogP contribution in [0.15, 0.2) is 26.2 Å². The van der Waals surface area contributed by atoms with Crippen molar-refractivity contribution in [3.63, 3.8) is 0 Å². The zero-order valence-electron chi connectivity index (χ0n) is 8.13. The van der Waals surface area contributed by atoms with Crippen LogP contribution in [0.3, 0.4) is 0 Å². The molecule has 0 aromatic heterocycles. The molecule has 1 aromatic rings. The molecule has 0 saturated carbocycles. The lowest BCUT2D eigenvalue weighted by Crippen LogP contribution is -2.25. The number of phenols is 1. The van der Waals surface area contributed by atoms with Crippen molar-refractivity contribution >= 4 is 43.5 Å². The van der Waals surface area contributed by atoms with Crippen LogP contribution in [0.5, 0.6) is 5.75 Å². The Labute approximate surface area is 109 Å². The predicted octanol–water partition coefficient (Wildman–Crippen LogP) is 2.53. The second kappa shape index (κ2) is 4.55. The molecule has 0 unspecified atom stereocenters. The van der Waals surface area contributed by atoms with Crippen LogP contribution in [-0.2, 0) is 4.79 Å². The van der Waals surface area contributed by atoms with E-state index in [-0.39, 0.29) is 11.7 Å². The van der Waals surface area contributed by atoms with Gasteiger partial charge in [0.05, 0.1) is 14.7 Å². The minimum Gasteiger partial charge on any atom is -0.506 e. The van der Waals surface area contributed by atoms with Crippen molar-refractivity contribution in [2.24, 2.45) is 5.10 Å². The topological polar surface area (TPSA) is 61.7 Å². The van der Waals surface area contributed by atoms with Gasteiger partial charge in [-0.2, -0.15) is 5.10 Å².